The lowest BCUT2D eigenvalue weighted by Crippen LogP contribution is -1.91. The Hall–Kier alpha value is -1.51. The van der Waals surface area contributed by atoms with Crippen molar-refractivity contribution in [2.24, 2.45) is 0 Å². The number of ether oxygens (including phenoxy) is 1. The first-order valence-corrected chi connectivity index (χ1v) is 5.63. The lowest BCUT2D eigenvalue weighted by molar-refractivity contribution is 0.112. The van der Waals surface area contributed by atoms with E-state index in [1.54, 1.807) is 18.2 Å². The van der Waals surface area contributed by atoms with Crippen LogP contribution in [0.5, 0.6) is 11.5 Å². The molecule has 0 heterocycles. The SMILES string of the molecule is O=Cc1c(Cl)cc(Cl)cc1Oc1ccccc1. The number of hydrogen-bond donors (Lipinski definition) is 0. The first kappa shape index (κ1) is 12.0. The van der Waals surface area contributed by atoms with Gasteiger partial charge >= 0.3 is 0 Å². The topological polar surface area (TPSA) is 26.3 Å². The van der Waals surface area contributed by atoms with E-state index >= 15 is 0 Å². The van der Waals surface area contributed by atoms with Crippen LogP contribution in [0.1, 0.15) is 10.4 Å². The predicted octanol–water partition coefficient (Wildman–Crippen LogP) is 4.60. The van der Waals surface area contributed by atoms with Crippen molar-refractivity contribution < 1.29 is 9.53 Å². The molecule has 86 valence electrons. The van der Waals surface area contributed by atoms with E-state index in [1.165, 1.54) is 6.07 Å². The Balaban J connectivity index is 2.41. The van der Waals surface area contributed by atoms with Crippen molar-refractivity contribution in [2.75, 3.05) is 0 Å². The third-order valence-corrected chi connectivity index (χ3v) is 2.68. The van der Waals surface area contributed by atoms with Crippen LogP contribution in [0.2, 0.25) is 10.0 Å². The van der Waals surface area contributed by atoms with Crippen molar-refractivity contribution in [3.05, 3.63) is 58.1 Å². The second kappa shape index (κ2) is 5.21. The van der Waals surface area contributed by atoms with E-state index in [4.69, 9.17) is 27.9 Å². The second-order valence-electron chi connectivity index (χ2n) is 3.33. The third-order valence-electron chi connectivity index (χ3n) is 2.15. The van der Waals surface area contributed by atoms with Crippen molar-refractivity contribution in [3.63, 3.8) is 0 Å². The minimum Gasteiger partial charge on any atom is -0.457 e. The van der Waals surface area contributed by atoms with Crippen LogP contribution in [0, 0.1) is 0 Å². The number of benzene rings is 2. The zero-order chi connectivity index (χ0) is 12.3. The largest absolute Gasteiger partial charge is 0.457 e. The molecule has 0 aliphatic heterocycles. The van der Waals surface area contributed by atoms with E-state index < -0.39 is 0 Å². The summed E-state index contributed by atoms with van der Waals surface area (Å²) < 4.78 is 5.56. The van der Waals surface area contributed by atoms with Crippen LogP contribution < -0.4 is 4.74 Å². The molecule has 2 aromatic carbocycles. The van der Waals surface area contributed by atoms with Gasteiger partial charge in [-0.25, -0.2) is 0 Å². The predicted molar refractivity (Wildman–Crippen MR) is 68.4 cm³/mol. The van der Waals surface area contributed by atoms with Crippen molar-refractivity contribution in [3.8, 4) is 11.5 Å². The van der Waals surface area contributed by atoms with Crippen LogP contribution in [-0.2, 0) is 0 Å². The molecule has 2 aromatic rings. The van der Waals surface area contributed by atoms with E-state index in [9.17, 15) is 4.79 Å². The lowest BCUT2D eigenvalue weighted by atomic mass is 10.2. The van der Waals surface area contributed by atoms with Crippen LogP contribution in [0.3, 0.4) is 0 Å². The van der Waals surface area contributed by atoms with Gasteiger partial charge in [-0.05, 0) is 18.2 Å². The van der Waals surface area contributed by atoms with Gasteiger partial charge in [0.25, 0.3) is 0 Å². The number of aldehydes is 1. The summed E-state index contributed by atoms with van der Waals surface area (Å²) in [6.45, 7) is 0. The molecular weight excluding hydrogens is 259 g/mol. The molecule has 2 nitrogen and oxygen atoms in total. The van der Waals surface area contributed by atoms with Gasteiger partial charge in [0, 0.05) is 11.1 Å². The van der Waals surface area contributed by atoms with Gasteiger partial charge in [-0.2, -0.15) is 0 Å². The normalized spacial score (nSPS) is 10.0. The van der Waals surface area contributed by atoms with Crippen LogP contribution in [0.25, 0.3) is 0 Å². The van der Waals surface area contributed by atoms with Gasteiger partial charge in [0.05, 0.1) is 10.6 Å². The third kappa shape index (κ3) is 2.78. The highest BCUT2D eigenvalue weighted by molar-refractivity contribution is 6.36. The van der Waals surface area contributed by atoms with Gasteiger partial charge in [-0.3, -0.25) is 4.79 Å². The molecule has 0 bridgehead atoms. The number of carbonyl (C=O) groups is 1. The maximum Gasteiger partial charge on any atom is 0.155 e. The Kier molecular flexibility index (Phi) is 3.67. The Morgan fingerprint density at radius 2 is 1.76 bits per heavy atom. The van der Waals surface area contributed by atoms with Crippen LogP contribution >= 0.6 is 23.2 Å². The number of halogens is 2. The molecule has 0 aliphatic carbocycles. The maximum absolute atomic E-state index is 10.9. The Morgan fingerprint density at radius 3 is 2.41 bits per heavy atom. The highest BCUT2D eigenvalue weighted by Crippen LogP contribution is 2.32. The Bertz CT molecular complexity index is 539. The first-order valence-electron chi connectivity index (χ1n) is 4.88. The number of hydrogen-bond acceptors (Lipinski definition) is 2. The average Bonchev–Trinajstić information content (AvgIpc) is 2.30. The average molecular weight is 267 g/mol. The van der Waals surface area contributed by atoms with Crippen LogP contribution in [0.4, 0.5) is 0 Å². The summed E-state index contributed by atoms with van der Waals surface area (Å²) in [6, 6.07) is 12.2. The van der Waals surface area contributed by atoms with Gasteiger partial charge in [-0.15, -0.1) is 0 Å². The highest BCUT2D eigenvalue weighted by Gasteiger charge is 2.10. The summed E-state index contributed by atoms with van der Waals surface area (Å²) in [4.78, 5) is 10.9. The summed E-state index contributed by atoms with van der Waals surface area (Å²) in [5, 5.41) is 0.699. The van der Waals surface area contributed by atoms with E-state index in [0.29, 0.717) is 28.4 Å². The molecule has 2 rings (SSSR count). The monoisotopic (exact) mass is 266 g/mol. The molecule has 0 spiro atoms. The molecule has 0 saturated carbocycles. The lowest BCUT2D eigenvalue weighted by Gasteiger charge is -2.09. The van der Waals surface area contributed by atoms with Crippen molar-refractivity contribution in [1.29, 1.82) is 0 Å². The van der Waals surface area contributed by atoms with Gasteiger partial charge in [0.2, 0.25) is 0 Å². The molecule has 17 heavy (non-hydrogen) atoms. The summed E-state index contributed by atoms with van der Waals surface area (Å²) >= 11 is 11.8. The van der Waals surface area contributed by atoms with E-state index in [0.717, 1.165) is 0 Å². The van der Waals surface area contributed by atoms with Crippen molar-refractivity contribution in [1.82, 2.24) is 0 Å². The number of rotatable bonds is 3. The maximum atomic E-state index is 10.9. The minimum atomic E-state index is 0.276. The molecular formula is C13H8Cl2O2. The van der Waals surface area contributed by atoms with Gasteiger partial charge in [0.15, 0.2) is 6.29 Å². The molecule has 0 saturated heterocycles. The van der Waals surface area contributed by atoms with Crippen LogP contribution in [0.15, 0.2) is 42.5 Å². The standard InChI is InChI=1S/C13H8Cl2O2/c14-9-6-12(15)11(8-16)13(7-9)17-10-4-2-1-3-5-10/h1-8H. The van der Waals surface area contributed by atoms with E-state index in [2.05, 4.69) is 0 Å². The summed E-state index contributed by atoms with van der Waals surface area (Å²) in [5.41, 5.74) is 0.292. The summed E-state index contributed by atoms with van der Waals surface area (Å²) in [6.07, 6.45) is 0.650. The van der Waals surface area contributed by atoms with Gasteiger partial charge in [0.1, 0.15) is 11.5 Å². The molecule has 0 radical (unpaired) electrons. The molecule has 0 aromatic heterocycles. The first-order chi connectivity index (χ1) is 8.20. The smallest absolute Gasteiger partial charge is 0.155 e. The molecule has 0 fully saturated rings. The van der Waals surface area contributed by atoms with Gasteiger partial charge in [-0.1, -0.05) is 41.4 Å². The van der Waals surface area contributed by atoms with E-state index in [-0.39, 0.29) is 5.02 Å². The van der Waals surface area contributed by atoms with Crippen LogP contribution in [-0.4, -0.2) is 6.29 Å². The number of para-hydroxylation sites is 1. The van der Waals surface area contributed by atoms with Crippen molar-refractivity contribution in [2.45, 2.75) is 0 Å². The Labute approximate surface area is 109 Å². The summed E-state index contributed by atoms with van der Waals surface area (Å²) in [5.74, 6) is 0.970. The van der Waals surface area contributed by atoms with Gasteiger partial charge < -0.3 is 4.74 Å². The Morgan fingerprint density at radius 1 is 1.06 bits per heavy atom. The minimum absolute atomic E-state index is 0.276. The fourth-order valence-electron chi connectivity index (χ4n) is 1.38. The molecule has 0 aliphatic rings. The molecule has 0 amide bonds. The number of carbonyl (C=O) groups excluding carboxylic acids is 1. The highest BCUT2D eigenvalue weighted by atomic mass is 35.5. The quantitative estimate of drug-likeness (QED) is 0.760. The zero-order valence-corrected chi connectivity index (χ0v) is 10.2. The van der Waals surface area contributed by atoms with Crippen molar-refractivity contribution >= 4 is 29.5 Å². The fourth-order valence-corrected chi connectivity index (χ4v) is 1.89. The molecule has 0 atom stereocenters. The fraction of sp³-hybridized carbons (Fsp3) is 0. The molecule has 4 heteroatoms. The second-order valence-corrected chi connectivity index (χ2v) is 4.18. The molecule has 0 N–H and O–H groups in total. The molecule has 0 unspecified atom stereocenters. The zero-order valence-electron chi connectivity index (χ0n) is 8.69. The van der Waals surface area contributed by atoms with E-state index in [1.807, 2.05) is 18.2 Å². The summed E-state index contributed by atoms with van der Waals surface area (Å²) in [7, 11) is 0.